The highest BCUT2D eigenvalue weighted by Crippen LogP contribution is 2.13. The average Bonchev–Trinajstić information content (AvgIpc) is 2.74. The standard InChI is InChI=1S/C21H32N4O6S/c1-12(2)18(25-17(27)11-22)20(29)24-16(10-13-4-6-14(26)7-5-13)19(28)23-15(21(30)31)8-9-32-3/h4-7,12,15-16,18,26H,8-11,22H2,1-3H3,(H,23,28)(H,24,29)(H,25,27)(H,30,31). The minimum Gasteiger partial charge on any atom is -0.508 e. The third kappa shape index (κ3) is 9.15. The van der Waals surface area contributed by atoms with E-state index in [-0.39, 0.29) is 31.1 Å². The third-order valence-corrected chi connectivity index (χ3v) is 5.33. The molecule has 0 aliphatic heterocycles. The number of benzene rings is 1. The van der Waals surface area contributed by atoms with Crippen LogP contribution in [-0.2, 0) is 25.6 Å². The van der Waals surface area contributed by atoms with Crippen molar-refractivity contribution < 1.29 is 29.4 Å². The van der Waals surface area contributed by atoms with E-state index in [0.29, 0.717) is 11.3 Å². The molecule has 10 nitrogen and oxygen atoms in total. The number of carboxylic acid groups (broad SMARTS) is 1. The van der Waals surface area contributed by atoms with Gasteiger partial charge in [0, 0.05) is 6.42 Å². The molecular weight excluding hydrogens is 436 g/mol. The molecule has 1 aromatic rings. The Bertz CT molecular complexity index is 787. The smallest absolute Gasteiger partial charge is 0.326 e. The Hall–Kier alpha value is -2.79. The molecule has 11 heteroatoms. The summed E-state index contributed by atoms with van der Waals surface area (Å²) in [5, 5.41) is 26.5. The van der Waals surface area contributed by atoms with Gasteiger partial charge in [-0.25, -0.2) is 4.79 Å². The SMILES string of the molecule is CSCCC(NC(=O)C(Cc1ccc(O)cc1)NC(=O)C(NC(=O)CN)C(C)C)C(=O)O. The van der Waals surface area contributed by atoms with Crippen LogP contribution in [0.3, 0.4) is 0 Å². The molecule has 3 unspecified atom stereocenters. The molecule has 0 heterocycles. The molecule has 1 aromatic carbocycles. The maximum atomic E-state index is 12.9. The van der Waals surface area contributed by atoms with Gasteiger partial charge in [-0.2, -0.15) is 11.8 Å². The topological polar surface area (TPSA) is 171 Å². The Balaban J connectivity index is 3.08. The van der Waals surface area contributed by atoms with Crippen LogP contribution in [0.1, 0.15) is 25.8 Å². The molecule has 0 bridgehead atoms. The lowest BCUT2D eigenvalue weighted by molar-refractivity contribution is -0.142. The number of aromatic hydroxyl groups is 1. The Kier molecular flexibility index (Phi) is 11.6. The first-order valence-electron chi connectivity index (χ1n) is 10.2. The molecule has 0 saturated heterocycles. The van der Waals surface area contributed by atoms with Gasteiger partial charge >= 0.3 is 5.97 Å². The lowest BCUT2D eigenvalue weighted by Crippen LogP contribution is -2.58. The number of aliphatic carboxylic acids is 1. The highest BCUT2D eigenvalue weighted by Gasteiger charge is 2.30. The lowest BCUT2D eigenvalue weighted by atomic mass is 10.0. The quantitative estimate of drug-likeness (QED) is 0.232. The Morgan fingerprint density at radius 3 is 2.09 bits per heavy atom. The predicted octanol–water partition coefficient (Wildman–Crippen LogP) is -0.158. The van der Waals surface area contributed by atoms with Crippen LogP contribution in [0.4, 0.5) is 0 Å². The van der Waals surface area contributed by atoms with Crippen molar-refractivity contribution in [2.24, 2.45) is 11.7 Å². The summed E-state index contributed by atoms with van der Waals surface area (Å²) in [4.78, 5) is 49.1. The summed E-state index contributed by atoms with van der Waals surface area (Å²) >= 11 is 1.45. The van der Waals surface area contributed by atoms with E-state index in [9.17, 15) is 29.4 Å². The van der Waals surface area contributed by atoms with Crippen molar-refractivity contribution in [3.8, 4) is 5.75 Å². The van der Waals surface area contributed by atoms with Crippen LogP contribution in [-0.4, -0.2) is 70.6 Å². The van der Waals surface area contributed by atoms with Crippen LogP contribution in [0.15, 0.2) is 24.3 Å². The summed E-state index contributed by atoms with van der Waals surface area (Å²) in [6.45, 7) is 3.18. The van der Waals surface area contributed by atoms with Gasteiger partial charge in [0.15, 0.2) is 0 Å². The summed E-state index contributed by atoms with van der Waals surface area (Å²) in [6, 6.07) is 2.96. The summed E-state index contributed by atoms with van der Waals surface area (Å²) in [5.74, 6) is -2.63. The van der Waals surface area contributed by atoms with Gasteiger partial charge in [0.25, 0.3) is 0 Å². The molecule has 0 aliphatic rings. The van der Waals surface area contributed by atoms with E-state index in [2.05, 4.69) is 16.0 Å². The number of phenolic OH excluding ortho intramolecular Hbond substituents is 1. The Morgan fingerprint density at radius 1 is 1.00 bits per heavy atom. The molecular formula is C21H32N4O6S. The van der Waals surface area contributed by atoms with E-state index < -0.39 is 41.8 Å². The van der Waals surface area contributed by atoms with Crippen molar-refractivity contribution in [2.75, 3.05) is 18.6 Å². The number of nitrogens with one attached hydrogen (secondary N) is 3. The molecule has 178 valence electrons. The van der Waals surface area contributed by atoms with E-state index in [0.717, 1.165) is 0 Å². The number of hydrogen-bond donors (Lipinski definition) is 6. The largest absolute Gasteiger partial charge is 0.508 e. The zero-order valence-electron chi connectivity index (χ0n) is 18.5. The Morgan fingerprint density at radius 2 is 1.59 bits per heavy atom. The van der Waals surface area contributed by atoms with Gasteiger partial charge in [0.2, 0.25) is 17.7 Å². The van der Waals surface area contributed by atoms with E-state index >= 15 is 0 Å². The molecule has 0 radical (unpaired) electrons. The van der Waals surface area contributed by atoms with Crippen LogP contribution >= 0.6 is 11.8 Å². The Labute approximate surface area is 191 Å². The third-order valence-electron chi connectivity index (χ3n) is 4.69. The number of carbonyl (C=O) groups excluding carboxylic acids is 3. The fourth-order valence-electron chi connectivity index (χ4n) is 2.87. The zero-order valence-corrected chi connectivity index (χ0v) is 19.3. The van der Waals surface area contributed by atoms with Crippen LogP contribution < -0.4 is 21.7 Å². The highest BCUT2D eigenvalue weighted by molar-refractivity contribution is 7.98. The number of carboxylic acids is 1. The van der Waals surface area contributed by atoms with Crippen molar-refractivity contribution in [3.63, 3.8) is 0 Å². The predicted molar refractivity (Wildman–Crippen MR) is 122 cm³/mol. The van der Waals surface area contributed by atoms with Crippen molar-refractivity contribution >= 4 is 35.5 Å². The minimum atomic E-state index is -1.17. The highest BCUT2D eigenvalue weighted by atomic mass is 32.2. The molecule has 7 N–H and O–H groups in total. The van der Waals surface area contributed by atoms with Gasteiger partial charge in [-0.15, -0.1) is 0 Å². The van der Waals surface area contributed by atoms with Crippen LogP contribution in [0.5, 0.6) is 5.75 Å². The number of amides is 3. The molecule has 0 aromatic heterocycles. The van der Waals surface area contributed by atoms with Gasteiger partial charge < -0.3 is 31.9 Å². The molecule has 0 spiro atoms. The summed E-state index contributed by atoms with van der Waals surface area (Å²) in [6.07, 6.45) is 2.11. The van der Waals surface area contributed by atoms with Crippen LogP contribution in [0.25, 0.3) is 0 Å². The number of hydrogen-bond acceptors (Lipinski definition) is 7. The minimum absolute atomic E-state index is 0.0474. The normalized spacial score (nSPS) is 13.7. The maximum absolute atomic E-state index is 12.9. The van der Waals surface area contributed by atoms with E-state index in [1.807, 2.05) is 6.26 Å². The first-order valence-corrected chi connectivity index (χ1v) is 11.6. The van der Waals surface area contributed by atoms with Crippen molar-refractivity contribution in [1.29, 1.82) is 0 Å². The van der Waals surface area contributed by atoms with Gasteiger partial charge in [0.1, 0.15) is 23.9 Å². The van der Waals surface area contributed by atoms with E-state index in [1.165, 1.54) is 23.9 Å². The second-order valence-electron chi connectivity index (χ2n) is 7.61. The molecule has 32 heavy (non-hydrogen) atoms. The molecule has 3 amide bonds. The number of nitrogens with two attached hydrogens (primary N) is 1. The van der Waals surface area contributed by atoms with Crippen molar-refractivity contribution in [1.82, 2.24) is 16.0 Å². The van der Waals surface area contributed by atoms with Gasteiger partial charge in [-0.05, 0) is 42.0 Å². The summed E-state index contributed by atoms with van der Waals surface area (Å²) in [5.41, 5.74) is 5.97. The van der Waals surface area contributed by atoms with Gasteiger partial charge in [0.05, 0.1) is 6.54 Å². The van der Waals surface area contributed by atoms with E-state index in [4.69, 9.17) is 5.73 Å². The number of phenols is 1. The fraction of sp³-hybridized carbons (Fsp3) is 0.524. The molecule has 3 atom stereocenters. The maximum Gasteiger partial charge on any atom is 0.326 e. The average molecular weight is 469 g/mol. The van der Waals surface area contributed by atoms with Crippen LogP contribution in [0, 0.1) is 5.92 Å². The number of rotatable bonds is 13. The number of thioether (sulfide) groups is 1. The first-order chi connectivity index (χ1) is 15.1. The van der Waals surface area contributed by atoms with Gasteiger partial charge in [-0.3, -0.25) is 14.4 Å². The number of carbonyl (C=O) groups is 4. The fourth-order valence-corrected chi connectivity index (χ4v) is 3.34. The molecule has 0 aliphatic carbocycles. The van der Waals surface area contributed by atoms with Crippen LogP contribution in [0.2, 0.25) is 0 Å². The monoisotopic (exact) mass is 468 g/mol. The zero-order chi connectivity index (χ0) is 24.3. The first kappa shape index (κ1) is 27.2. The van der Waals surface area contributed by atoms with Crippen molar-refractivity contribution in [3.05, 3.63) is 29.8 Å². The molecule has 1 rings (SSSR count). The second kappa shape index (κ2) is 13.6. The molecule has 0 fully saturated rings. The summed E-state index contributed by atoms with van der Waals surface area (Å²) < 4.78 is 0. The summed E-state index contributed by atoms with van der Waals surface area (Å²) in [7, 11) is 0. The van der Waals surface area contributed by atoms with E-state index in [1.54, 1.807) is 26.0 Å². The molecule has 0 saturated carbocycles. The second-order valence-corrected chi connectivity index (χ2v) is 8.59. The lowest BCUT2D eigenvalue weighted by Gasteiger charge is -2.26. The van der Waals surface area contributed by atoms with Gasteiger partial charge in [-0.1, -0.05) is 26.0 Å². The van der Waals surface area contributed by atoms with Crippen molar-refractivity contribution in [2.45, 2.75) is 44.8 Å².